The van der Waals surface area contributed by atoms with Crippen LogP contribution >= 0.6 is 0 Å². The van der Waals surface area contributed by atoms with Gasteiger partial charge in [0.25, 0.3) is 5.91 Å². The maximum atomic E-state index is 15.6. The standard InChI is InChI=1S/C29H30F2N6O3S/c1-33-23-6-2-3-7-24(23)35-14-12-20(13-15-35)34-28-22(30)11-10-21(27(28)31)29(38)37-18-16-36(17-19-37)25-8-4-5-9-26(25)41(32,39)40/h2-11,20,34H,12-19H2,(H2,32,39,40). The molecule has 2 heterocycles. The minimum absolute atomic E-state index is 0.00139. The van der Waals surface area contributed by atoms with Gasteiger partial charge >= 0.3 is 0 Å². The number of piperidine rings is 1. The molecule has 0 spiro atoms. The van der Waals surface area contributed by atoms with Crippen LogP contribution in [0.5, 0.6) is 0 Å². The number of nitrogens with one attached hydrogen (secondary N) is 1. The summed E-state index contributed by atoms with van der Waals surface area (Å²) in [5.74, 6) is -2.27. The van der Waals surface area contributed by atoms with E-state index in [1.807, 2.05) is 23.1 Å². The number of benzene rings is 3. The topological polar surface area (TPSA) is 103 Å². The Kier molecular flexibility index (Phi) is 8.10. The molecular weight excluding hydrogens is 550 g/mol. The molecule has 0 saturated carbocycles. The number of hydrogen-bond acceptors (Lipinski definition) is 6. The van der Waals surface area contributed by atoms with E-state index in [2.05, 4.69) is 15.1 Å². The molecule has 2 aliphatic rings. The highest BCUT2D eigenvalue weighted by molar-refractivity contribution is 7.89. The molecule has 3 aromatic carbocycles. The third-order valence-corrected chi connectivity index (χ3v) is 8.55. The highest BCUT2D eigenvalue weighted by atomic mass is 32.2. The number of nitrogens with two attached hydrogens (primary N) is 1. The number of sulfonamides is 1. The maximum Gasteiger partial charge on any atom is 0.257 e. The summed E-state index contributed by atoms with van der Waals surface area (Å²) in [4.78, 5) is 22.2. The van der Waals surface area contributed by atoms with Gasteiger partial charge < -0.3 is 20.0 Å². The molecule has 3 N–H and O–H groups in total. The van der Waals surface area contributed by atoms with Crippen LogP contribution in [0, 0.1) is 18.2 Å². The molecule has 5 rings (SSSR count). The molecule has 0 atom stereocenters. The van der Waals surface area contributed by atoms with Crippen molar-refractivity contribution in [3.05, 3.63) is 89.3 Å². The van der Waals surface area contributed by atoms with Crippen LogP contribution in [0.3, 0.4) is 0 Å². The molecule has 0 unspecified atom stereocenters. The van der Waals surface area contributed by atoms with E-state index in [1.54, 1.807) is 24.3 Å². The van der Waals surface area contributed by atoms with E-state index in [4.69, 9.17) is 11.7 Å². The van der Waals surface area contributed by atoms with E-state index in [1.165, 1.54) is 11.0 Å². The Morgan fingerprint density at radius 2 is 1.49 bits per heavy atom. The Balaban J connectivity index is 1.24. The lowest BCUT2D eigenvalue weighted by Gasteiger charge is -2.37. The second-order valence-corrected chi connectivity index (χ2v) is 11.6. The summed E-state index contributed by atoms with van der Waals surface area (Å²) >= 11 is 0. The predicted molar refractivity (Wildman–Crippen MR) is 154 cm³/mol. The van der Waals surface area contributed by atoms with Crippen LogP contribution in [-0.2, 0) is 10.0 Å². The Bertz CT molecular complexity index is 1590. The van der Waals surface area contributed by atoms with Crippen molar-refractivity contribution in [1.29, 1.82) is 0 Å². The minimum atomic E-state index is -3.93. The first-order valence-electron chi connectivity index (χ1n) is 13.3. The summed E-state index contributed by atoms with van der Waals surface area (Å²) in [6, 6.07) is 15.8. The second-order valence-electron chi connectivity index (χ2n) is 10.1. The SMILES string of the molecule is [C-]#[N+]c1ccccc1N1CCC(Nc2c(F)ccc(C(=O)N3CCN(c4ccccc4S(N)(=O)=O)CC3)c2F)CC1. The number of carbonyl (C=O) groups is 1. The van der Waals surface area contributed by atoms with E-state index < -0.39 is 27.6 Å². The molecule has 41 heavy (non-hydrogen) atoms. The fourth-order valence-corrected chi connectivity index (χ4v) is 6.18. The largest absolute Gasteiger partial charge is 0.380 e. The lowest BCUT2D eigenvalue weighted by Crippen LogP contribution is -2.49. The van der Waals surface area contributed by atoms with Gasteiger partial charge in [-0.15, -0.1) is 0 Å². The first-order chi connectivity index (χ1) is 19.7. The first kappa shape index (κ1) is 28.3. The molecule has 1 amide bonds. The van der Waals surface area contributed by atoms with Crippen molar-refractivity contribution in [2.75, 3.05) is 54.4 Å². The normalized spacial score (nSPS) is 16.4. The van der Waals surface area contributed by atoms with Crippen molar-refractivity contribution in [3.8, 4) is 0 Å². The number of piperazine rings is 1. The van der Waals surface area contributed by atoms with Crippen LogP contribution in [0.4, 0.5) is 31.5 Å². The fraction of sp³-hybridized carbons (Fsp3) is 0.310. The van der Waals surface area contributed by atoms with E-state index >= 15 is 4.39 Å². The number of nitrogens with zero attached hydrogens (tertiary/aromatic N) is 4. The van der Waals surface area contributed by atoms with Crippen molar-refractivity contribution in [2.24, 2.45) is 5.14 Å². The third-order valence-electron chi connectivity index (χ3n) is 7.59. The van der Waals surface area contributed by atoms with Gasteiger partial charge in [-0.05, 0) is 43.2 Å². The van der Waals surface area contributed by atoms with Crippen LogP contribution in [0.15, 0.2) is 65.6 Å². The van der Waals surface area contributed by atoms with Gasteiger partial charge in [-0.2, -0.15) is 0 Å². The van der Waals surface area contributed by atoms with Gasteiger partial charge in [0.2, 0.25) is 15.7 Å². The zero-order chi connectivity index (χ0) is 29.1. The van der Waals surface area contributed by atoms with Crippen LogP contribution in [0.1, 0.15) is 23.2 Å². The molecule has 0 aliphatic carbocycles. The number of carbonyl (C=O) groups excluding carboxylic acids is 1. The number of halogens is 2. The van der Waals surface area contributed by atoms with Crippen molar-refractivity contribution in [3.63, 3.8) is 0 Å². The number of rotatable bonds is 6. The van der Waals surface area contributed by atoms with Crippen LogP contribution in [0.2, 0.25) is 0 Å². The lowest BCUT2D eigenvalue weighted by molar-refractivity contribution is 0.0742. The van der Waals surface area contributed by atoms with Crippen molar-refractivity contribution in [1.82, 2.24) is 4.90 Å². The van der Waals surface area contributed by atoms with E-state index in [0.29, 0.717) is 50.4 Å². The van der Waals surface area contributed by atoms with Crippen LogP contribution < -0.4 is 20.3 Å². The molecule has 0 bridgehead atoms. The molecule has 12 heteroatoms. The minimum Gasteiger partial charge on any atom is -0.380 e. The zero-order valence-corrected chi connectivity index (χ0v) is 23.1. The lowest BCUT2D eigenvalue weighted by atomic mass is 10.0. The van der Waals surface area contributed by atoms with Gasteiger partial charge in [-0.1, -0.05) is 30.3 Å². The summed E-state index contributed by atoms with van der Waals surface area (Å²) < 4.78 is 54.3. The average Bonchev–Trinajstić information content (AvgIpc) is 2.99. The molecule has 2 saturated heterocycles. The monoisotopic (exact) mass is 580 g/mol. The molecular formula is C29H30F2N6O3S. The zero-order valence-electron chi connectivity index (χ0n) is 22.3. The van der Waals surface area contributed by atoms with Crippen LogP contribution in [0.25, 0.3) is 4.85 Å². The van der Waals surface area contributed by atoms with E-state index in [9.17, 15) is 17.6 Å². The van der Waals surface area contributed by atoms with Gasteiger partial charge in [0.05, 0.1) is 17.8 Å². The van der Waals surface area contributed by atoms with Crippen molar-refractivity contribution >= 4 is 38.7 Å². The highest BCUT2D eigenvalue weighted by Crippen LogP contribution is 2.32. The van der Waals surface area contributed by atoms with E-state index in [0.717, 1.165) is 17.8 Å². The number of hydrogen-bond donors (Lipinski definition) is 2. The Labute approximate surface area is 238 Å². The Hall–Kier alpha value is -4.21. The number of amides is 1. The predicted octanol–water partition coefficient (Wildman–Crippen LogP) is 4.21. The summed E-state index contributed by atoms with van der Waals surface area (Å²) in [5, 5.41) is 8.34. The van der Waals surface area contributed by atoms with Crippen molar-refractivity contribution in [2.45, 2.75) is 23.8 Å². The molecule has 214 valence electrons. The first-order valence-corrected chi connectivity index (χ1v) is 14.8. The van der Waals surface area contributed by atoms with E-state index in [-0.39, 0.29) is 35.3 Å². The molecule has 0 aromatic heterocycles. The summed E-state index contributed by atoms with van der Waals surface area (Å²) in [6.07, 6.45) is 1.21. The van der Waals surface area contributed by atoms with Gasteiger partial charge in [-0.3, -0.25) is 4.79 Å². The van der Waals surface area contributed by atoms with Gasteiger partial charge in [0, 0.05) is 51.0 Å². The third kappa shape index (κ3) is 5.96. The number of para-hydroxylation sites is 3. The van der Waals surface area contributed by atoms with Gasteiger partial charge in [0.1, 0.15) is 16.4 Å². The van der Waals surface area contributed by atoms with Gasteiger partial charge in [0.15, 0.2) is 5.82 Å². The quantitative estimate of drug-likeness (QED) is 0.424. The highest BCUT2D eigenvalue weighted by Gasteiger charge is 2.29. The second kappa shape index (κ2) is 11.7. The summed E-state index contributed by atoms with van der Waals surface area (Å²) in [6.45, 7) is 9.71. The van der Waals surface area contributed by atoms with Gasteiger partial charge in [-0.25, -0.2) is 27.2 Å². The summed E-state index contributed by atoms with van der Waals surface area (Å²) in [7, 11) is -3.93. The number of primary sulfonamides is 1. The molecule has 0 radical (unpaired) electrons. The van der Waals surface area contributed by atoms with Crippen LogP contribution in [-0.4, -0.2) is 64.5 Å². The number of anilines is 3. The molecule has 2 aliphatic heterocycles. The average molecular weight is 581 g/mol. The maximum absolute atomic E-state index is 15.6. The molecule has 9 nitrogen and oxygen atoms in total. The molecule has 3 aromatic rings. The summed E-state index contributed by atoms with van der Waals surface area (Å²) in [5.41, 5.74) is 1.31. The Morgan fingerprint density at radius 1 is 0.878 bits per heavy atom. The smallest absolute Gasteiger partial charge is 0.257 e. The van der Waals surface area contributed by atoms with Crippen molar-refractivity contribution < 1.29 is 22.0 Å². The fourth-order valence-electron chi connectivity index (χ4n) is 5.42. The molecule has 2 fully saturated rings. The Morgan fingerprint density at radius 3 is 2.15 bits per heavy atom.